The summed E-state index contributed by atoms with van der Waals surface area (Å²) in [6, 6.07) is 70.0. The summed E-state index contributed by atoms with van der Waals surface area (Å²) in [6.07, 6.45) is 1.88. The van der Waals surface area contributed by atoms with Gasteiger partial charge < -0.3 is 5.11 Å². The third kappa shape index (κ3) is 8.90. The van der Waals surface area contributed by atoms with E-state index in [1.54, 1.807) is 0 Å². The van der Waals surface area contributed by atoms with Gasteiger partial charge in [0.2, 0.25) is 0 Å². The van der Waals surface area contributed by atoms with Gasteiger partial charge in [0.25, 0.3) is 0 Å². The van der Waals surface area contributed by atoms with Gasteiger partial charge in [-0.05, 0) is 92.6 Å². The van der Waals surface area contributed by atoms with E-state index in [9.17, 15) is 5.11 Å². The second kappa shape index (κ2) is 18.5. The Kier molecular flexibility index (Phi) is 12.5. The van der Waals surface area contributed by atoms with Crippen molar-refractivity contribution in [3.63, 3.8) is 0 Å². The topological polar surface area (TPSA) is 50.9 Å². The van der Waals surface area contributed by atoms with Crippen LogP contribution < -0.4 is 0 Å². The number of phenolic OH excluding ortho intramolecular Hbond substituents is 1. The van der Waals surface area contributed by atoms with E-state index in [-0.39, 0.29) is 37.6 Å². The summed E-state index contributed by atoms with van der Waals surface area (Å²) < 4.78 is 2.29. The van der Waals surface area contributed by atoms with Crippen molar-refractivity contribution in [2.75, 3.05) is 0 Å². The SMILES string of the molecule is Cc1cc(-c2ccccc2)c(-n2c(-c3cc(C(C)(C)C)cc(C(C)(C)C)c3O)nc3c(-c4[c-]c(-c5cc(-c6ccccc6)ccn5)cc(-c5ccccc5)c4)cccc32)cc1-c1ccccc1.[Pt]. The zero-order valence-electron chi connectivity index (χ0n) is 39.6. The largest absolute Gasteiger partial charge is 0.507 e. The van der Waals surface area contributed by atoms with Crippen LogP contribution in [0.1, 0.15) is 58.2 Å². The fourth-order valence-corrected chi connectivity index (χ4v) is 9.25. The molecule has 5 heteroatoms. The standard InChI is InChI=1S/C63H54N3O.Pt/c1-41-33-53(45-27-18-11-19-28-45)58(40-52(41)44-25-16-10-17-26-44)66-57-30-20-29-51(59(57)65-61(66)54-38-50(62(2,3)4)39-55(60(54)67)63(5,6)7)48-34-47(43-23-14-9-15-24-43)35-49(36-48)56-37-46(31-32-64-56)42-21-12-8-13-22-42;/h8-35,37-40,67H,1-7H3;/q-1;. The molecule has 0 unspecified atom stereocenters. The molecule has 8 aromatic carbocycles. The normalized spacial score (nSPS) is 11.7. The molecule has 68 heavy (non-hydrogen) atoms. The summed E-state index contributed by atoms with van der Waals surface area (Å²) in [7, 11) is 0. The van der Waals surface area contributed by atoms with Gasteiger partial charge in [-0.3, -0.25) is 9.55 Å². The Morgan fingerprint density at radius 2 is 1.06 bits per heavy atom. The first-order chi connectivity index (χ1) is 32.3. The van der Waals surface area contributed by atoms with Gasteiger partial charge in [0, 0.05) is 44.1 Å². The number of phenols is 1. The van der Waals surface area contributed by atoms with Crippen molar-refractivity contribution in [3.05, 3.63) is 217 Å². The molecule has 0 aliphatic carbocycles. The maximum atomic E-state index is 12.7. The number of hydrogen-bond acceptors (Lipinski definition) is 3. The van der Waals surface area contributed by atoms with Gasteiger partial charge >= 0.3 is 0 Å². The van der Waals surface area contributed by atoms with Crippen molar-refractivity contribution in [1.82, 2.24) is 14.5 Å². The number of hydrogen-bond donors (Lipinski definition) is 1. The fraction of sp³-hybridized carbons (Fsp3) is 0.143. The Morgan fingerprint density at radius 1 is 0.485 bits per heavy atom. The fourth-order valence-electron chi connectivity index (χ4n) is 9.25. The second-order valence-electron chi connectivity index (χ2n) is 19.6. The molecule has 2 heterocycles. The van der Waals surface area contributed by atoms with Crippen molar-refractivity contribution in [3.8, 4) is 89.7 Å². The summed E-state index contributed by atoms with van der Waals surface area (Å²) in [5, 5.41) is 12.7. The molecule has 0 radical (unpaired) electrons. The number of aromatic hydroxyl groups is 1. The number of para-hydroxylation sites is 1. The zero-order valence-corrected chi connectivity index (χ0v) is 41.9. The average molecular weight is 1060 g/mol. The number of benzene rings is 8. The van der Waals surface area contributed by atoms with Crippen LogP contribution >= 0.6 is 0 Å². The third-order valence-corrected chi connectivity index (χ3v) is 12.9. The minimum Gasteiger partial charge on any atom is -0.507 e. The number of rotatable bonds is 8. The first-order valence-corrected chi connectivity index (χ1v) is 23.1. The summed E-state index contributed by atoms with van der Waals surface area (Å²) in [4.78, 5) is 10.7. The number of nitrogens with zero attached hydrogens (tertiary/aromatic N) is 3. The molecule has 0 saturated carbocycles. The van der Waals surface area contributed by atoms with Gasteiger partial charge in [0.05, 0.1) is 22.3 Å². The van der Waals surface area contributed by atoms with E-state index in [2.05, 4.69) is 235 Å². The van der Waals surface area contributed by atoms with E-state index in [1.807, 2.05) is 18.3 Å². The maximum Gasteiger partial charge on any atom is 0.148 e. The quantitative estimate of drug-likeness (QED) is 0.154. The van der Waals surface area contributed by atoms with Gasteiger partial charge in [0.15, 0.2) is 0 Å². The molecule has 0 spiro atoms. The first-order valence-electron chi connectivity index (χ1n) is 23.1. The molecule has 0 aliphatic heterocycles. The van der Waals surface area contributed by atoms with Crippen molar-refractivity contribution in [1.29, 1.82) is 0 Å². The Morgan fingerprint density at radius 3 is 1.66 bits per heavy atom. The van der Waals surface area contributed by atoms with Gasteiger partial charge in [-0.25, -0.2) is 4.98 Å². The Bertz CT molecular complexity index is 3420. The summed E-state index contributed by atoms with van der Waals surface area (Å²) in [5.74, 6) is 0.896. The molecule has 0 amide bonds. The Labute approximate surface area is 415 Å². The van der Waals surface area contributed by atoms with Gasteiger partial charge in [-0.2, -0.15) is 0 Å². The molecule has 10 aromatic rings. The monoisotopic (exact) mass is 1060 g/mol. The van der Waals surface area contributed by atoms with E-state index >= 15 is 0 Å². The minimum atomic E-state index is -0.350. The minimum absolute atomic E-state index is 0. The predicted octanol–water partition coefficient (Wildman–Crippen LogP) is 16.5. The second-order valence-corrected chi connectivity index (χ2v) is 19.6. The maximum absolute atomic E-state index is 12.7. The van der Waals surface area contributed by atoms with Crippen molar-refractivity contribution < 1.29 is 26.2 Å². The number of imidazole rings is 1. The molecular weight excluding hydrogens is 1010 g/mol. The number of fused-ring (bicyclic) bond motifs is 1. The van der Waals surface area contributed by atoms with Gasteiger partial charge in [-0.1, -0.05) is 204 Å². The molecule has 338 valence electrons. The number of pyridine rings is 1. The molecule has 1 N–H and O–H groups in total. The molecule has 10 rings (SSSR count). The smallest absolute Gasteiger partial charge is 0.148 e. The summed E-state index contributed by atoms with van der Waals surface area (Å²) in [5.41, 5.74) is 18.3. The van der Waals surface area contributed by atoms with Crippen molar-refractivity contribution in [2.24, 2.45) is 0 Å². The molecule has 2 aromatic heterocycles. The van der Waals surface area contributed by atoms with Crippen molar-refractivity contribution >= 4 is 11.0 Å². The third-order valence-electron chi connectivity index (χ3n) is 12.9. The number of aromatic nitrogens is 3. The first kappa shape index (κ1) is 46.0. The summed E-state index contributed by atoms with van der Waals surface area (Å²) >= 11 is 0. The molecular formula is C63H54N3OPt-. The Hall–Kier alpha value is -7.13. The van der Waals surface area contributed by atoms with Crippen LogP contribution in [-0.4, -0.2) is 19.6 Å². The van der Waals surface area contributed by atoms with E-state index in [4.69, 9.17) is 9.97 Å². The zero-order chi connectivity index (χ0) is 46.5. The van der Waals surface area contributed by atoms with E-state index in [0.29, 0.717) is 11.4 Å². The van der Waals surface area contributed by atoms with Crippen LogP contribution in [0, 0.1) is 13.0 Å². The molecule has 0 fully saturated rings. The molecule has 0 atom stereocenters. The van der Waals surface area contributed by atoms with Crippen LogP contribution in [0.25, 0.3) is 95.0 Å². The van der Waals surface area contributed by atoms with Crippen LogP contribution in [0.15, 0.2) is 194 Å². The average Bonchev–Trinajstić information content (AvgIpc) is 3.73. The van der Waals surface area contributed by atoms with Crippen LogP contribution in [0.2, 0.25) is 0 Å². The summed E-state index contributed by atoms with van der Waals surface area (Å²) in [6.45, 7) is 15.4. The van der Waals surface area contributed by atoms with Crippen molar-refractivity contribution in [2.45, 2.75) is 59.3 Å². The molecule has 0 aliphatic rings. The van der Waals surface area contributed by atoms with E-state index in [0.717, 1.165) is 100 Å². The number of aryl methyl sites for hydroxylation is 1. The van der Waals surface area contributed by atoms with Crippen LogP contribution in [0.3, 0.4) is 0 Å². The Balaban J connectivity index is 0.00000578. The molecule has 4 nitrogen and oxygen atoms in total. The molecule has 0 saturated heterocycles. The van der Waals surface area contributed by atoms with Crippen LogP contribution in [0.5, 0.6) is 5.75 Å². The van der Waals surface area contributed by atoms with Gasteiger partial charge in [-0.15, -0.1) is 23.8 Å². The van der Waals surface area contributed by atoms with Gasteiger partial charge in [0.1, 0.15) is 11.6 Å². The predicted molar refractivity (Wildman–Crippen MR) is 280 cm³/mol. The molecule has 0 bridgehead atoms. The van der Waals surface area contributed by atoms with Crippen LogP contribution in [-0.2, 0) is 31.9 Å². The van der Waals surface area contributed by atoms with E-state index < -0.39 is 0 Å². The van der Waals surface area contributed by atoms with E-state index in [1.165, 1.54) is 0 Å². The van der Waals surface area contributed by atoms with Crippen LogP contribution in [0.4, 0.5) is 0 Å².